The zero-order valence-electron chi connectivity index (χ0n) is 14.0. The molecule has 0 amide bonds. The maximum absolute atomic E-state index is 12.9. The van der Waals surface area contributed by atoms with E-state index >= 15 is 0 Å². The Morgan fingerprint density at radius 3 is 2.60 bits per heavy atom. The van der Waals surface area contributed by atoms with E-state index in [-0.39, 0.29) is 5.56 Å². The number of nitrogens with one attached hydrogen (secondary N) is 1. The lowest BCUT2D eigenvalue weighted by atomic mass is 10.0. The molecule has 0 saturated heterocycles. The van der Waals surface area contributed by atoms with Crippen molar-refractivity contribution in [2.24, 2.45) is 5.73 Å². The Morgan fingerprint density at radius 2 is 1.80 bits per heavy atom. The van der Waals surface area contributed by atoms with E-state index in [1.165, 1.54) is 11.1 Å². The number of aromatic nitrogens is 2. The van der Waals surface area contributed by atoms with Crippen molar-refractivity contribution in [2.45, 2.75) is 19.4 Å². The van der Waals surface area contributed by atoms with E-state index in [0.29, 0.717) is 13.1 Å². The molecule has 4 heteroatoms. The van der Waals surface area contributed by atoms with Crippen molar-refractivity contribution in [3.8, 4) is 0 Å². The Morgan fingerprint density at radius 1 is 0.960 bits per heavy atom. The van der Waals surface area contributed by atoms with Gasteiger partial charge < -0.3 is 15.3 Å². The molecule has 2 heterocycles. The minimum Gasteiger partial charge on any atom is -0.361 e. The summed E-state index contributed by atoms with van der Waals surface area (Å²) in [6, 6.07) is 16.2. The lowest BCUT2D eigenvalue weighted by molar-refractivity contribution is 0.675. The largest absolute Gasteiger partial charge is 0.361 e. The quantitative estimate of drug-likeness (QED) is 0.590. The summed E-state index contributed by atoms with van der Waals surface area (Å²) in [7, 11) is 0. The predicted molar refractivity (Wildman–Crippen MR) is 103 cm³/mol. The first-order chi connectivity index (χ1) is 12.3. The van der Waals surface area contributed by atoms with Crippen LogP contribution in [0.1, 0.15) is 11.1 Å². The predicted octanol–water partition coefficient (Wildman–Crippen LogP) is 3.23. The SMILES string of the molecule is NCCc1c[nH]c2ccc3c(=O)n(CCc4ccccc4)ccc3c12. The molecule has 4 rings (SSSR count). The summed E-state index contributed by atoms with van der Waals surface area (Å²) in [6.45, 7) is 1.27. The van der Waals surface area contributed by atoms with Gasteiger partial charge in [0.15, 0.2) is 0 Å². The summed E-state index contributed by atoms with van der Waals surface area (Å²) >= 11 is 0. The maximum atomic E-state index is 12.9. The third-order valence-electron chi connectivity index (χ3n) is 4.78. The van der Waals surface area contributed by atoms with E-state index in [4.69, 9.17) is 5.73 Å². The fourth-order valence-corrected chi connectivity index (χ4v) is 3.49. The monoisotopic (exact) mass is 331 g/mol. The van der Waals surface area contributed by atoms with Crippen LogP contribution >= 0.6 is 0 Å². The van der Waals surface area contributed by atoms with Gasteiger partial charge in [0.1, 0.15) is 0 Å². The second-order valence-electron chi connectivity index (χ2n) is 6.35. The minimum absolute atomic E-state index is 0.0650. The first kappa shape index (κ1) is 15.7. The number of nitrogens with two attached hydrogens (primary N) is 1. The molecule has 0 aliphatic carbocycles. The van der Waals surface area contributed by atoms with E-state index in [9.17, 15) is 4.79 Å². The molecule has 25 heavy (non-hydrogen) atoms. The van der Waals surface area contributed by atoms with Crippen molar-refractivity contribution in [2.75, 3.05) is 6.54 Å². The fourth-order valence-electron chi connectivity index (χ4n) is 3.49. The highest BCUT2D eigenvalue weighted by atomic mass is 16.1. The van der Waals surface area contributed by atoms with Gasteiger partial charge in [0, 0.05) is 35.2 Å². The van der Waals surface area contributed by atoms with Gasteiger partial charge in [-0.25, -0.2) is 0 Å². The summed E-state index contributed by atoms with van der Waals surface area (Å²) in [6.07, 6.45) is 5.55. The molecule has 4 nitrogen and oxygen atoms in total. The minimum atomic E-state index is 0.0650. The van der Waals surface area contributed by atoms with Crippen LogP contribution < -0.4 is 11.3 Å². The average molecular weight is 331 g/mol. The van der Waals surface area contributed by atoms with E-state index in [2.05, 4.69) is 23.2 Å². The second kappa shape index (κ2) is 6.57. The highest BCUT2D eigenvalue weighted by molar-refractivity contribution is 6.07. The molecule has 2 aromatic carbocycles. The number of aromatic amines is 1. The molecule has 0 bridgehead atoms. The van der Waals surface area contributed by atoms with Gasteiger partial charge >= 0.3 is 0 Å². The van der Waals surface area contributed by atoms with Gasteiger partial charge in [0.25, 0.3) is 5.56 Å². The number of aryl methyl sites for hydroxylation is 2. The molecule has 0 fully saturated rings. The average Bonchev–Trinajstić information content (AvgIpc) is 3.06. The number of fused-ring (bicyclic) bond motifs is 3. The van der Waals surface area contributed by atoms with Crippen LogP contribution in [0.2, 0.25) is 0 Å². The van der Waals surface area contributed by atoms with Crippen molar-refractivity contribution in [1.82, 2.24) is 9.55 Å². The van der Waals surface area contributed by atoms with Crippen LogP contribution in [0, 0.1) is 0 Å². The molecule has 4 aromatic rings. The number of hydrogen-bond acceptors (Lipinski definition) is 2. The van der Waals surface area contributed by atoms with Gasteiger partial charge in [0.2, 0.25) is 0 Å². The lowest BCUT2D eigenvalue weighted by Crippen LogP contribution is -2.20. The topological polar surface area (TPSA) is 63.8 Å². The Kier molecular flexibility index (Phi) is 4.12. The maximum Gasteiger partial charge on any atom is 0.258 e. The smallest absolute Gasteiger partial charge is 0.258 e. The standard InChI is InChI=1S/C21H21N3O/c22-11-8-16-14-23-19-7-6-18-17(20(16)19)10-13-24(21(18)25)12-9-15-4-2-1-3-5-15/h1-7,10,13-14,23H,8-9,11-12,22H2. The molecular formula is C21H21N3O. The summed E-state index contributed by atoms with van der Waals surface area (Å²) in [5.41, 5.74) is 9.25. The zero-order chi connectivity index (χ0) is 17.2. The van der Waals surface area contributed by atoms with Crippen LogP contribution in [-0.4, -0.2) is 16.1 Å². The van der Waals surface area contributed by atoms with E-state index in [0.717, 1.165) is 34.5 Å². The highest BCUT2D eigenvalue weighted by Crippen LogP contribution is 2.26. The lowest BCUT2D eigenvalue weighted by Gasteiger charge is -2.09. The van der Waals surface area contributed by atoms with Crippen molar-refractivity contribution < 1.29 is 0 Å². The van der Waals surface area contributed by atoms with Gasteiger partial charge in [-0.2, -0.15) is 0 Å². The molecule has 126 valence electrons. The third-order valence-corrected chi connectivity index (χ3v) is 4.78. The first-order valence-electron chi connectivity index (χ1n) is 8.64. The Bertz CT molecular complexity index is 1080. The molecule has 0 aliphatic rings. The molecule has 0 atom stereocenters. The zero-order valence-corrected chi connectivity index (χ0v) is 14.0. The van der Waals surface area contributed by atoms with Gasteiger partial charge in [-0.1, -0.05) is 30.3 Å². The fraction of sp³-hybridized carbons (Fsp3) is 0.190. The molecule has 0 aliphatic heterocycles. The van der Waals surface area contributed by atoms with Crippen molar-refractivity contribution >= 4 is 21.7 Å². The van der Waals surface area contributed by atoms with E-state index in [1.807, 2.05) is 42.7 Å². The van der Waals surface area contributed by atoms with Crippen LogP contribution in [0.3, 0.4) is 0 Å². The van der Waals surface area contributed by atoms with Gasteiger partial charge in [0.05, 0.1) is 0 Å². The van der Waals surface area contributed by atoms with Crippen molar-refractivity contribution in [3.05, 3.63) is 82.4 Å². The van der Waals surface area contributed by atoms with Gasteiger partial charge in [-0.05, 0) is 54.1 Å². The molecule has 2 aromatic heterocycles. The molecule has 0 spiro atoms. The van der Waals surface area contributed by atoms with Gasteiger partial charge in [-0.3, -0.25) is 4.79 Å². The number of rotatable bonds is 5. The molecular weight excluding hydrogens is 310 g/mol. The number of nitrogens with zero attached hydrogens (tertiary/aromatic N) is 1. The van der Waals surface area contributed by atoms with E-state index < -0.39 is 0 Å². The van der Waals surface area contributed by atoms with E-state index in [1.54, 1.807) is 4.57 Å². The molecule has 3 N–H and O–H groups in total. The normalized spacial score (nSPS) is 11.4. The summed E-state index contributed by atoms with van der Waals surface area (Å²) in [4.78, 5) is 16.2. The van der Waals surface area contributed by atoms with Crippen LogP contribution in [-0.2, 0) is 19.4 Å². The summed E-state index contributed by atoms with van der Waals surface area (Å²) in [5, 5.41) is 2.89. The number of pyridine rings is 1. The van der Waals surface area contributed by atoms with Crippen LogP contribution in [0.5, 0.6) is 0 Å². The van der Waals surface area contributed by atoms with Crippen LogP contribution in [0.4, 0.5) is 0 Å². The Balaban J connectivity index is 1.76. The molecule has 0 saturated carbocycles. The van der Waals surface area contributed by atoms with Crippen LogP contribution in [0.15, 0.2) is 65.7 Å². The number of hydrogen-bond donors (Lipinski definition) is 2. The third kappa shape index (κ3) is 2.85. The number of H-pyrrole nitrogens is 1. The molecule has 0 radical (unpaired) electrons. The first-order valence-corrected chi connectivity index (χ1v) is 8.64. The Hall–Kier alpha value is -2.85. The Labute approximate surface area is 145 Å². The summed E-state index contributed by atoms with van der Waals surface area (Å²) < 4.78 is 1.80. The van der Waals surface area contributed by atoms with Gasteiger partial charge in [-0.15, -0.1) is 0 Å². The van der Waals surface area contributed by atoms with Crippen molar-refractivity contribution in [3.63, 3.8) is 0 Å². The highest BCUT2D eigenvalue weighted by Gasteiger charge is 2.10. The van der Waals surface area contributed by atoms with Crippen LogP contribution in [0.25, 0.3) is 21.7 Å². The summed E-state index contributed by atoms with van der Waals surface area (Å²) in [5.74, 6) is 0. The van der Waals surface area contributed by atoms with Crippen molar-refractivity contribution in [1.29, 1.82) is 0 Å². The second-order valence-corrected chi connectivity index (χ2v) is 6.35. The number of benzene rings is 2. The molecule has 0 unspecified atom stereocenters.